The molecule has 1 aliphatic rings. The Morgan fingerprint density at radius 1 is 1.10 bits per heavy atom. The predicted octanol–water partition coefficient (Wildman–Crippen LogP) is 3.48. The second-order valence-corrected chi connectivity index (χ2v) is 7.42. The normalized spacial score (nSPS) is 22.2. The number of benzene rings is 2. The number of carbonyl (C=O) groups excluding carboxylic acids is 2. The van der Waals surface area contributed by atoms with Gasteiger partial charge < -0.3 is 19.3 Å². The topological polar surface area (TPSA) is 99.1 Å². The number of carboxylic acid groups (broad SMARTS) is 1. The Hall–Kier alpha value is -3.63. The highest BCUT2D eigenvalue weighted by atomic mass is 16.7. The monoisotopic (exact) mass is 422 g/mol. The van der Waals surface area contributed by atoms with Crippen LogP contribution in [0.2, 0.25) is 0 Å². The van der Waals surface area contributed by atoms with E-state index in [-0.39, 0.29) is 19.6 Å². The summed E-state index contributed by atoms with van der Waals surface area (Å²) < 4.78 is 15.8. The Balaban J connectivity index is 1.80. The van der Waals surface area contributed by atoms with Gasteiger partial charge >= 0.3 is 12.1 Å². The van der Waals surface area contributed by atoms with E-state index in [2.05, 4.69) is 11.8 Å². The van der Waals surface area contributed by atoms with Gasteiger partial charge in [-0.25, -0.2) is 9.59 Å². The van der Waals surface area contributed by atoms with Crippen LogP contribution in [0.3, 0.4) is 0 Å². The Labute approximate surface area is 179 Å². The van der Waals surface area contributed by atoms with Gasteiger partial charge in [0.05, 0.1) is 12.0 Å². The van der Waals surface area contributed by atoms with E-state index in [1.807, 2.05) is 30.3 Å². The molecule has 0 radical (unpaired) electrons. The van der Waals surface area contributed by atoms with Gasteiger partial charge in [-0.3, -0.25) is 4.79 Å². The Bertz CT molecular complexity index is 1010. The van der Waals surface area contributed by atoms with Gasteiger partial charge in [0.2, 0.25) is 5.78 Å². The SMILES string of the molecule is C[C@]1(CCOCc2ccccc2)COC(=O)C1(C#CC(=O)c1ccccc1)OC(=O)O. The highest BCUT2D eigenvalue weighted by Crippen LogP contribution is 2.44. The number of carbonyl (C=O) groups is 3. The number of Topliss-reactive ketones (excluding diaryl/α,β-unsaturated/α-hetero) is 1. The number of esters is 1. The summed E-state index contributed by atoms with van der Waals surface area (Å²) in [6.07, 6.45) is -1.45. The van der Waals surface area contributed by atoms with E-state index >= 15 is 0 Å². The third-order valence-corrected chi connectivity index (χ3v) is 5.20. The summed E-state index contributed by atoms with van der Waals surface area (Å²) in [6.45, 7) is 2.09. The molecule has 7 nitrogen and oxygen atoms in total. The number of hydrogen-bond donors (Lipinski definition) is 1. The second-order valence-electron chi connectivity index (χ2n) is 7.42. The lowest BCUT2D eigenvalue weighted by molar-refractivity contribution is -0.152. The molecule has 1 aliphatic heterocycles. The van der Waals surface area contributed by atoms with Gasteiger partial charge in [0, 0.05) is 12.2 Å². The molecule has 0 saturated carbocycles. The lowest BCUT2D eigenvalue weighted by Crippen LogP contribution is -2.51. The molecule has 0 amide bonds. The van der Waals surface area contributed by atoms with Crippen LogP contribution in [0.1, 0.15) is 29.3 Å². The number of cyclic esters (lactones) is 1. The molecule has 31 heavy (non-hydrogen) atoms. The van der Waals surface area contributed by atoms with E-state index in [0.717, 1.165) is 5.56 Å². The molecule has 0 aromatic heterocycles. The molecule has 7 heteroatoms. The Morgan fingerprint density at radius 3 is 2.39 bits per heavy atom. The molecular formula is C24H22O7. The van der Waals surface area contributed by atoms with Crippen molar-refractivity contribution in [3.8, 4) is 11.8 Å². The predicted molar refractivity (Wildman–Crippen MR) is 110 cm³/mol. The van der Waals surface area contributed by atoms with E-state index in [1.54, 1.807) is 37.3 Å². The summed E-state index contributed by atoms with van der Waals surface area (Å²) in [7, 11) is 0. The van der Waals surface area contributed by atoms with Crippen LogP contribution in [0.15, 0.2) is 60.7 Å². The second kappa shape index (κ2) is 9.45. The van der Waals surface area contributed by atoms with Crippen molar-refractivity contribution in [2.75, 3.05) is 13.2 Å². The van der Waals surface area contributed by atoms with Gasteiger partial charge in [0.25, 0.3) is 5.60 Å². The zero-order valence-corrected chi connectivity index (χ0v) is 17.0. The fourth-order valence-corrected chi connectivity index (χ4v) is 3.31. The molecular weight excluding hydrogens is 400 g/mol. The lowest BCUT2D eigenvalue weighted by atomic mass is 9.73. The van der Waals surface area contributed by atoms with Crippen molar-refractivity contribution < 1.29 is 33.7 Å². The largest absolute Gasteiger partial charge is 0.507 e. The van der Waals surface area contributed by atoms with Crippen molar-refractivity contribution in [3.63, 3.8) is 0 Å². The van der Waals surface area contributed by atoms with Crippen LogP contribution >= 0.6 is 0 Å². The van der Waals surface area contributed by atoms with Crippen LogP contribution < -0.4 is 0 Å². The lowest BCUT2D eigenvalue weighted by Gasteiger charge is -2.33. The van der Waals surface area contributed by atoms with Crippen LogP contribution in [0.25, 0.3) is 0 Å². The van der Waals surface area contributed by atoms with Crippen LogP contribution in [0.5, 0.6) is 0 Å². The molecule has 3 rings (SSSR count). The highest BCUT2D eigenvalue weighted by Gasteiger charge is 2.63. The molecule has 0 aliphatic carbocycles. The molecule has 1 N–H and O–H groups in total. The van der Waals surface area contributed by atoms with Crippen molar-refractivity contribution in [2.45, 2.75) is 25.6 Å². The number of ketones is 1. The summed E-state index contributed by atoms with van der Waals surface area (Å²) in [5.74, 6) is 3.37. The van der Waals surface area contributed by atoms with Crippen LogP contribution in [0, 0.1) is 17.3 Å². The van der Waals surface area contributed by atoms with Gasteiger partial charge in [0.1, 0.15) is 6.61 Å². The van der Waals surface area contributed by atoms with Crippen LogP contribution in [0.4, 0.5) is 4.79 Å². The minimum atomic E-state index is -2.13. The third kappa shape index (κ3) is 4.93. The van der Waals surface area contributed by atoms with Crippen molar-refractivity contribution in [1.82, 2.24) is 0 Å². The zero-order chi connectivity index (χ0) is 22.3. The first-order chi connectivity index (χ1) is 14.9. The van der Waals surface area contributed by atoms with Crippen molar-refractivity contribution in [3.05, 3.63) is 71.8 Å². The minimum absolute atomic E-state index is 0.109. The molecule has 1 unspecified atom stereocenters. The van der Waals surface area contributed by atoms with E-state index < -0.39 is 28.9 Å². The van der Waals surface area contributed by atoms with E-state index in [1.165, 1.54) is 0 Å². The van der Waals surface area contributed by atoms with Gasteiger partial charge in [-0.15, -0.1) is 0 Å². The number of ether oxygens (including phenoxy) is 3. The zero-order valence-electron chi connectivity index (χ0n) is 17.0. The smallest absolute Gasteiger partial charge is 0.461 e. The van der Waals surface area contributed by atoms with Gasteiger partial charge in [0.15, 0.2) is 0 Å². The van der Waals surface area contributed by atoms with Crippen molar-refractivity contribution >= 4 is 17.9 Å². The standard InChI is InChI=1S/C24H22O7/c1-23(14-15-29-16-18-8-4-2-5-9-18)17-30-21(26)24(23,31-22(27)28)13-12-20(25)19-10-6-3-7-11-19/h2-11H,14-17H2,1H3,(H,27,28)/t23-,24?/m0/s1. The maximum absolute atomic E-state index is 12.6. The van der Waals surface area contributed by atoms with Gasteiger partial charge in [-0.2, -0.15) is 0 Å². The average molecular weight is 422 g/mol. The van der Waals surface area contributed by atoms with Gasteiger partial charge in [-0.1, -0.05) is 67.6 Å². The molecule has 2 aromatic rings. The molecule has 1 saturated heterocycles. The Kier molecular flexibility index (Phi) is 6.73. The number of hydrogen-bond acceptors (Lipinski definition) is 6. The molecule has 1 fully saturated rings. The van der Waals surface area contributed by atoms with Crippen LogP contribution in [-0.2, 0) is 25.6 Å². The summed E-state index contributed by atoms with van der Waals surface area (Å²) in [4.78, 5) is 36.4. The fourth-order valence-electron chi connectivity index (χ4n) is 3.31. The molecule has 2 atom stereocenters. The molecule has 0 spiro atoms. The van der Waals surface area contributed by atoms with E-state index in [4.69, 9.17) is 14.2 Å². The average Bonchev–Trinajstić information content (AvgIpc) is 3.01. The number of rotatable bonds is 7. The summed E-state index contributed by atoms with van der Waals surface area (Å²) in [5, 5.41) is 9.28. The molecule has 1 heterocycles. The van der Waals surface area contributed by atoms with Crippen molar-refractivity contribution in [2.24, 2.45) is 5.41 Å². The summed E-state index contributed by atoms with van der Waals surface area (Å²) in [6, 6.07) is 17.8. The fraction of sp³-hybridized carbons (Fsp3) is 0.292. The summed E-state index contributed by atoms with van der Waals surface area (Å²) >= 11 is 0. The Morgan fingerprint density at radius 2 is 1.74 bits per heavy atom. The molecule has 0 bridgehead atoms. The van der Waals surface area contributed by atoms with Crippen LogP contribution in [-0.4, -0.2) is 41.8 Å². The minimum Gasteiger partial charge on any atom is -0.461 e. The van der Waals surface area contributed by atoms with Crippen molar-refractivity contribution in [1.29, 1.82) is 0 Å². The maximum Gasteiger partial charge on any atom is 0.507 e. The van der Waals surface area contributed by atoms with Gasteiger partial charge in [-0.05, 0) is 23.8 Å². The summed E-state index contributed by atoms with van der Waals surface area (Å²) in [5.41, 5.74) is -1.96. The molecule has 2 aromatic carbocycles. The van der Waals surface area contributed by atoms with E-state index in [0.29, 0.717) is 12.2 Å². The van der Waals surface area contributed by atoms with E-state index in [9.17, 15) is 19.5 Å². The molecule has 160 valence electrons. The first kappa shape index (κ1) is 22.1. The quantitative estimate of drug-likeness (QED) is 0.240. The first-order valence-corrected chi connectivity index (χ1v) is 9.70. The first-order valence-electron chi connectivity index (χ1n) is 9.70. The maximum atomic E-state index is 12.6. The highest BCUT2D eigenvalue weighted by molar-refractivity contribution is 6.09. The third-order valence-electron chi connectivity index (χ3n) is 5.20.